The zero-order chi connectivity index (χ0) is 9.78. The van der Waals surface area contributed by atoms with Crippen molar-refractivity contribution < 1.29 is 19.8 Å². The monoisotopic (exact) mass is 198 g/mol. The first-order valence-electron chi connectivity index (χ1n) is 3.93. The molecule has 5 heteroatoms. The van der Waals surface area contributed by atoms with Crippen LogP contribution in [0.25, 0.3) is 0 Å². The van der Waals surface area contributed by atoms with Crippen molar-refractivity contribution in [3.63, 3.8) is 0 Å². The third-order valence-electron chi connectivity index (χ3n) is 2.30. The van der Waals surface area contributed by atoms with Gasteiger partial charge < -0.3 is 10.2 Å². The molecule has 0 rings (SSSR count). The van der Waals surface area contributed by atoms with Gasteiger partial charge in [-0.1, -0.05) is 13.8 Å². The van der Waals surface area contributed by atoms with E-state index in [2.05, 4.69) is 0 Å². The van der Waals surface area contributed by atoms with Gasteiger partial charge in [0.25, 0.3) is 0 Å². The van der Waals surface area contributed by atoms with E-state index in [1.165, 1.54) is 0 Å². The van der Waals surface area contributed by atoms with Gasteiger partial charge in [-0.25, -0.2) is 0 Å². The van der Waals surface area contributed by atoms with Crippen molar-refractivity contribution >= 4 is 41.5 Å². The zero-order valence-corrected chi connectivity index (χ0v) is 7.33. The molecule has 0 atom stereocenters. The molecular weight excluding hydrogens is 183 g/mol. The Morgan fingerprint density at radius 3 is 1.62 bits per heavy atom. The van der Waals surface area contributed by atoms with E-state index in [4.69, 9.17) is 10.2 Å². The van der Waals surface area contributed by atoms with Gasteiger partial charge in [0.05, 0.1) is 11.8 Å². The molecule has 0 aromatic rings. The maximum atomic E-state index is 10.8. The van der Waals surface area contributed by atoms with Gasteiger partial charge in [-0.15, -0.1) is 0 Å². The number of aliphatic carboxylic acids is 2. The summed E-state index contributed by atoms with van der Waals surface area (Å²) in [5.74, 6) is -2.07. The summed E-state index contributed by atoms with van der Waals surface area (Å²) in [5.41, 5.74) is -1.08. The van der Waals surface area contributed by atoms with E-state index in [1.807, 2.05) is 0 Å². The number of hydrogen-bond donors (Lipinski definition) is 2. The van der Waals surface area contributed by atoms with E-state index in [0.29, 0.717) is 12.8 Å². The maximum absolute atomic E-state index is 10.8. The van der Waals surface area contributed by atoms with E-state index >= 15 is 0 Å². The SMILES string of the molecule is CCC(CC)(CC(=O)O)C(=O)O.[NaH]. The van der Waals surface area contributed by atoms with Gasteiger partial charge in [0.2, 0.25) is 0 Å². The average molecular weight is 198 g/mol. The molecule has 4 nitrogen and oxygen atoms in total. The fraction of sp³-hybridized carbons (Fsp3) is 0.750. The summed E-state index contributed by atoms with van der Waals surface area (Å²) in [6, 6.07) is 0. The normalized spacial score (nSPS) is 10.3. The number of rotatable bonds is 5. The predicted octanol–water partition coefficient (Wildman–Crippen LogP) is 0.704. The second kappa shape index (κ2) is 6.40. The standard InChI is InChI=1S/C8H14O4.Na.H/c1-3-8(4-2,7(11)12)5-6(9)10;;/h3-5H2,1-2H3,(H,9,10)(H,11,12);;. The molecule has 0 radical (unpaired) electrons. The predicted molar refractivity (Wildman–Crippen MR) is 50.1 cm³/mol. The minimum atomic E-state index is -1.08. The Bertz CT molecular complexity index is 187. The van der Waals surface area contributed by atoms with E-state index in [0.717, 1.165) is 0 Å². The van der Waals surface area contributed by atoms with Gasteiger partial charge >= 0.3 is 41.5 Å². The van der Waals surface area contributed by atoms with Crippen LogP contribution in [0.3, 0.4) is 0 Å². The molecule has 0 aromatic heterocycles. The topological polar surface area (TPSA) is 74.6 Å². The molecule has 0 bridgehead atoms. The molecule has 0 spiro atoms. The Morgan fingerprint density at radius 1 is 1.15 bits per heavy atom. The first-order chi connectivity index (χ1) is 5.48. The quantitative estimate of drug-likeness (QED) is 0.638. The van der Waals surface area contributed by atoms with Crippen molar-refractivity contribution in [3.05, 3.63) is 0 Å². The number of carbonyl (C=O) groups is 2. The third kappa shape index (κ3) is 4.11. The van der Waals surface area contributed by atoms with Gasteiger partial charge in [-0.05, 0) is 12.8 Å². The summed E-state index contributed by atoms with van der Waals surface area (Å²) in [6.07, 6.45) is 0.408. The average Bonchev–Trinajstić information content (AvgIpc) is 1.99. The Hall–Kier alpha value is -0.0600. The molecule has 0 saturated carbocycles. The summed E-state index contributed by atoms with van der Waals surface area (Å²) in [5, 5.41) is 17.3. The van der Waals surface area contributed by atoms with Crippen molar-refractivity contribution in [1.29, 1.82) is 0 Å². The molecule has 0 heterocycles. The molecule has 0 saturated heterocycles. The molecular formula is C8H15NaO4. The van der Waals surface area contributed by atoms with Gasteiger partial charge in [0, 0.05) is 0 Å². The minimum absolute atomic E-state index is 0. The first-order valence-corrected chi connectivity index (χ1v) is 3.93. The number of carboxylic acids is 2. The van der Waals surface area contributed by atoms with Crippen LogP contribution in [0.15, 0.2) is 0 Å². The molecule has 0 unspecified atom stereocenters. The van der Waals surface area contributed by atoms with Gasteiger partial charge in [0.1, 0.15) is 0 Å². The summed E-state index contributed by atoms with van der Waals surface area (Å²) >= 11 is 0. The Kier molecular flexibility index (Phi) is 7.59. The van der Waals surface area contributed by atoms with Crippen LogP contribution in [0.1, 0.15) is 33.1 Å². The van der Waals surface area contributed by atoms with Crippen molar-refractivity contribution in [3.8, 4) is 0 Å². The van der Waals surface area contributed by atoms with E-state index in [-0.39, 0.29) is 36.0 Å². The van der Waals surface area contributed by atoms with Crippen LogP contribution in [-0.4, -0.2) is 51.7 Å². The van der Waals surface area contributed by atoms with Crippen LogP contribution < -0.4 is 0 Å². The van der Waals surface area contributed by atoms with E-state index in [9.17, 15) is 9.59 Å². The summed E-state index contributed by atoms with van der Waals surface area (Å²) in [7, 11) is 0. The molecule has 0 fully saturated rings. The third-order valence-corrected chi connectivity index (χ3v) is 2.30. The van der Waals surface area contributed by atoms with Crippen molar-refractivity contribution in [2.45, 2.75) is 33.1 Å². The van der Waals surface area contributed by atoms with Crippen molar-refractivity contribution in [2.75, 3.05) is 0 Å². The molecule has 72 valence electrons. The molecule has 0 aliphatic heterocycles. The second-order valence-corrected chi connectivity index (χ2v) is 2.86. The van der Waals surface area contributed by atoms with Crippen molar-refractivity contribution in [1.82, 2.24) is 0 Å². The fourth-order valence-electron chi connectivity index (χ4n) is 1.17. The van der Waals surface area contributed by atoms with Gasteiger partial charge in [-0.2, -0.15) is 0 Å². The molecule has 0 aliphatic rings. The number of hydrogen-bond acceptors (Lipinski definition) is 2. The molecule has 0 amide bonds. The van der Waals surface area contributed by atoms with E-state index < -0.39 is 17.4 Å². The number of carboxylic acid groups (broad SMARTS) is 2. The van der Waals surface area contributed by atoms with Crippen LogP contribution in [0.2, 0.25) is 0 Å². The van der Waals surface area contributed by atoms with Crippen LogP contribution in [0.4, 0.5) is 0 Å². The van der Waals surface area contributed by atoms with Crippen LogP contribution in [0, 0.1) is 5.41 Å². The second-order valence-electron chi connectivity index (χ2n) is 2.86. The van der Waals surface area contributed by atoms with E-state index in [1.54, 1.807) is 13.8 Å². The summed E-state index contributed by atoms with van der Waals surface area (Å²) < 4.78 is 0. The van der Waals surface area contributed by atoms with Gasteiger partial charge in [0.15, 0.2) is 0 Å². The first kappa shape index (κ1) is 15.4. The van der Waals surface area contributed by atoms with Crippen LogP contribution in [-0.2, 0) is 9.59 Å². The Labute approximate surface area is 99.6 Å². The fourth-order valence-corrected chi connectivity index (χ4v) is 1.17. The van der Waals surface area contributed by atoms with Gasteiger partial charge in [-0.3, -0.25) is 9.59 Å². The molecule has 0 aliphatic carbocycles. The summed E-state index contributed by atoms with van der Waals surface area (Å²) in [6.45, 7) is 3.39. The molecule has 13 heavy (non-hydrogen) atoms. The van der Waals surface area contributed by atoms with Crippen LogP contribution >= 0.6 is 0 Å². The Balaban J connectivity index is 0. The Morgan fingerprint density at radius 2 is 1.54 bits per heavy atom. The molecule has 0 aromatic carbocycles. The van der Waals surface area contributed by atoms with Crippen LogP contribution in [0.5, 0.6) is 0 Å². The zero-order valence-electron chi connectivity index (χ0n) is 7.33. The summed E-state index contributed by atoms with van der Waals surface area (Å²) in [4.78, 5) is 21.1. The molecule has 2 N–H and O–H groups in total. The van der Waals surface area contributed by atoms with Crippen molar-refractivity contribution in [2.24, 2.45) is 5.41 Å².